The topological polar surface area (TPSA) is 84.2 Å². The summed E-state index contributed by atoms with van der Waals surface area (Å²) in [5.74, 6) is 0.104. The molecule has 0 saturated heterocycles. The molecule has 0 bridgehead atoms. The Bertz CT molecular complexity index is 331. The smallest absolute Gasteiger partial charge is 0.242 e. The molecule has 0 aromatic heterocycles. The van der Waals surface area contributed by atoms with E-state index in [4.69, 9.17) is 5.73 Å². The van der Waals surface area contributed by atoms with Gasteiger partial charge in [0.1, 0.15) is 6.04 Å². The Kier molecular flexibility index (Phi) is 5.79. The van der Waals surface area contributed by atoms with E-state index in [9.17, 15) is 9.59 Å². The number of hydrogen-bond acceptors (Lipinski definition) is 3. The lowest BCUT2D eigenvalue weighted by Gasteiger charge is -2.32. The van der Waals surface area contributed by atoms with E-state index in [1.807, 2.05) is 13.8 Å². The minimum Gasteiger partial charge on any atom is -0.352 e. The van der Waals surface area contributed by atoms with Crippen molar-refractivity contribution in [1.82, 2.24) is 10.6 Å². The molecule has 1 saturated carbocycles. The van der Waals surface area contributed by atoms with Crippen molar-refractivity contribution in [2.45, 2.75) is 65.1 Å². The first kappa shape index (κ1) is 16.0. The van der Waals surface area contributed by atoms with Crippen molar-refractivity contribution in [2.75, 3.05) is 0 Å². The number of nitrogens with two attached hydrogens (primary N) is 1. The van der Waals surface area contributed by atoms with Crippen LogP contribution in [0.3, 0.4) is 0 Å². The molecule has 110 valence electrons. The Hall–Kier alpha value is -1.10. The molecule has 5 heteroatoms. The molecule has 0 heterocycles. The summed E-state index contributed by atoms with van der Waals surface area (Å²) in [6.45, 7) is 7.57. The molecule has 4 unspecified atom stereocenters. The van der Waals surface area contributed by atoms with Crippen LogP contribution in [0.25, 0.3) is 0 Å². The molecule has 0 aromatic rings. The van der Waals surface area contributed by atoms with Gasteiger partial charge in [0.2, 0.25) is 11.8 Å². The summed E-state index contributed by atoms with van der Waals surface area (Å²) in [6.07, 6.45) is 2.58. The van der Waals surface area contributed by atoms with Crippen LogP contribution >= 0.6 is 0 Å². The van der Waals surface area contributed by atoms with Gasteiger partial charge in [-0.2, -0.15) is 0 Å². The zero-order chi connectivity index (χ0) is 14.6. The van der Waals surface area contributed by atoms with Crippen LogP contribution in [-0.4, -0.2) is 29.9 Å². The van der Waals surface area contributed by atoms with Gasteiger partial charge in [-0.1, -0.05) is 6.92 Å². The fraction of sp³-hybridized carbons (Fsp3) is 0.857. The average Bonchev–Trinajstić information content (AvgIpc) is 2.27. The summed E-state index contributed by atoms with van der Waals surface area (Å²) in [7, 11) is 0. The standard InChI is InChI=1S/C14H27N3O2/c1-8(2)16-13(18)10(4)17-14(19)12-6-5-11(15)7-9(12)3/h8-12H,5-7,15H2,1-4H3,(H,16,18)(H,17,19). The van der Waals surface area contributed by atoms with E-state index in [2.05, 4.69) is 17.6 Å². The number of nitrogens with one attached hydrogen (secondary N) is 2. The summed E-state index contributed by atoms with van der Waals surface area (Å²) in [4.78, 5) is 23.9. The first-order chi connectivity index (χ1) is 8.81. The normalized spacial score (nSPS) is 28.8. The van der Waals surface area contributed by atoms with E-state index in [0.717, 1.165) is 19.3 Å². The molecule has 4 atom stereocenters. The van der Waals surface area contributed by atoms with Gasteiger partial charge < -0.3 is 16.4 Å². The maximum absolute atomic E-state index is 12.2. The lowest BCUT2D eigenvalue weighted by Crippen LogP contribution is -2.50. The fourth-order valence-corrected chi connectivity index (χ4v) is 2.62. The fourth-order valence-electron chi connectivity index (χ4n) is 2.62. The van der Waals surface area contributed by atoms with Crippen molar-refractivity contribution in [3.8, 4) is 0 Å². The van der Waals surface area contributed by atoms with Crippen LogP contribution in [0.2, 0.25) is 0 Å². The van der Waals surface area contributed by atoms with Crippen LogP contribution < -0.4 is 16.4 Å². The number of hydrogen-bond donors (Lipinski definition) is 3. The largest absolute Gasteiger partial charge is 0.352 e. The SMILES string of the molecule is CC(C)NC(=O)C(C)NC(=O)C1CCC(N)CC1C. The molecule has 0 aromatic carbocycles. The summed E-state index contributed by atoms with van der Waals surface area (Å²) in [5, 5.41) is 5.60. The van der Waals surface area contributed by atoms with Crippen molar-refractivity contribution in [1.29, 1.82) is 0 Å². The molecule has 19 heavy (non-hydrogen) atoms. The van der Waals surface area contributed by atoms with Gasteiger partial charge in [0.05, 0.1) is 0 Å². The second-order valence-corrected chi connectivity index (χ2v) is 6.05. The molecule has 1 fully saturated rings. The van der Waals surface area contributed by atoms with Gasteiger partial charge in [0, 0.05) is 18.0 Å². The van der Waals surface area contributed by atoms with Crippen molar-refractivity contribution in [3.05, 3.63) is 0 Å². The van der Waals surface area contributed by atoms with Crippen molar-refractivity contribution < 1.29 is 9.59 Å². The molecule has 0 aliphatic heterocycles. The molecular formula is C14H27N3O2. The summed E-state index contributed by atoms with van der Waals surface area (Å²) in [5.41, 5.74) is 5.90. The predicted molar refractivity (Wildman–Crippen MR) is 75.4 cm³/mol. The van der Waals surface area contributed by atoms with Crippen molar-refractivity contribution in [2.24, 2.45) is 17.6 Å². The van der Waals surface area contributed by atoms with E-state index in [1.54, 1.807) is 6.92 Å². The highest BCUT2D eigenvalue weighted by Crippen LogP contribution is 2.29. The molecule has 0 radical (unpaired) electrons. The number of carbonyl (C=O) groups is 2. The van der Waals surface area contributed by atoms with Crippen LogP contribution in [0.5, 0.6) is 0 Å². The van der Waals surface area contributed by atoms with Gasteiger partial charge in [0.25, 0.3) is 0 Å². The van der Waals surface area contributed by atoms with Gasteiger partial charge >= 0.3 is 0 Å². The highest BCUT2D eigenvalue weighted by molar-refractivity contribution is 5.88. The Morgan fingerprint density at radius 2 is 1.79 bits per heavy atom. The summed E-state index contributed by atoms with van der Waals surface area (Å²) >= 11 is 0. The van der Waals surface area contributed by atoms with Crippen molar-refractivity contribution >= 4 is 11.8 Å². The van der Waals surface area contributed by atoms with E-state index in [0.29, 0.717) is 0 Å². The maximum atomic E-state index is 12.2. The van der Waals surface area contributed by atoms with Crippen LogP contribution in [0, 0.1) is 11.8 Å². The third-order valence-corrected chi connectivity index (χ3v) is 3.73. The Morgan fingerprint density at radius 1 is 1.16 bits per heavy atom. The van der Waals surface area contributed by atoms with Crippen LogP contribution in [0.4, 0.5) is 0 Å². The van der Waals surface area contributed by atoms with E-state index >= 15 is 0 Å². The monoisotopic (exact) mass is 269 g/mol. The number of amides is 2. The van der Waals surface area contributed by atoms with E-state index < -0.39 is 6.04 Å². The van der Waals surface area contributed by atoms with Gasteiger partial charge in [0.15, 0.2) is 0 Å². The predicted octanol–water partition coefficient (Wildman–Crippen LogP) is 0.779. The van der Waals surface area contributed by atoms with Gasteiger partial charge in [-0.15, -0.1) is 0 Å². The molecule has 1 rings (SSSR count). The van der Waals surface area contributed by atoms with E-state index in [-0.39, 0.29) is 35.7 Å². The summed E-state index contributed by atoms with van der Waals surface area (Å²) < 4.78 is 0. The zero-order valence-corrected chi connectivity index (χ0v) is 12.4. The Balaban J connectivity index is 2.48. The lowest BCUT2D eigenvalue weighted by molar-refractivity contribution is -0.132. The molecule has 0 spiro atoms. The molecule has 4 N–H and O–H groups in total. The van der Waals surface area contributed by atoms with Crippen LogP contribution in [0.1, 0.15) is 47.0 Å². The summed E-state index contributed by atoms with van der Waals surface area (Å²) in [6, 6.07) is -0.197. The third-order valence-electron chi connectivity index (χ3n) is 3.73. The molecule has 1 aliphatic carbocycles. The maximum Gasteiger partial charge on any atom is 0.242 e. The molecular weight excluding hydrogens is 242 g/mol. The first-order valence-corrected chi connectivity index (χ1v) is 7.17. The second kappa shape index (κ2) is 6.89. The highest BCUT2D eigenvalue weighted by atomic mass is 16.2. The van der Waals surface area contributed by atoms with E-state index in [1.165, 1.54) is 0 Å². The zero-order valence-electron chi connectivity index (χ0n) is 12.4. The lowest BCUT2D eigenvalue weighted by atomic mass is 9.77. The number of rotatable bonds is 4. The van der Waals surface area contributed by atoms with Gasteiger partial charge in [-0.05, 0) is 46.0 Å². The first-order valence-electron chi connectivity index (χ1n) is 7.17. The second-order valence-electron chi connectivity index (χ2n) is 6.05. The van der Waals surface area contributed by atoms with Crippen molar-refractivity contribution in [3.63, 3.8) is 0 Å². The molecule has 1 aliphatic rings. The number of carbonyl (C=O) groups excluding carboxylic acids is 2. The van der Waals surface area contributed by atoms with Crippen LogP contribution in [0.15, 0.2) is 0 Å². The molecule has 2 amide bonds. The highest BCUT2D eigenvalue weighted by Gasteiger charge is 2.32. The quantitative estimate of drug-likeness (QED) is 0.705. The van der Waals surface area contributed by atoms with Gasteiger partial charge in [-0.25, -0.2) is 0 Å². The Labute approximate surface area is 115 Å². The van der Waals surface area contributed by atoms with Crippen LogP contribution in [-0.2, 0) is 9.59 Å². The Morgan fingerprint density at radius 3 is 2.32 bits per heavy atom. The average molecular weight is 269 g/mol. The van der Waals surface area contributed by atoms with Gasteiger partial charge in [-0.3, -0.25) is 9.59 Å². The third kappa shape index (κ3) is 4.82. The minimum absolute atomic E-state index is 0.0194. The molecule has 5 nitrogen and oxygen atoms in total. The minimum atomic E-state index is -0.488.